The highest BCUT2D eigenvalue weighted by Gasteiger charge is 2.57. The van der Waals surface area contributed by atoms with E-state index in [0.717, 1.165) is 34.4 Å². The van der Waals surface area contributed by atoms with Crippen LogP contribution in [-0.4, -0.2) is 41.9 Å². The Hall–Kier alpha value is -3.35. The van der Waals surface area contributed by atoms with E-state index in [9.17, 15) is 14.4 Å². The van der Waals surface area contributed by atoms with Gasteiger partial charge in [-0.15, -0.1) is 0 Å². The van der Waals surface area contributed by atoms with Crippen molar-refractivity contribution >= 4 is 17.8 Å². The standard InChI is InChI=1S/C27H31N3O4/c1-17(19-7-5-8-19)28-24(31)23(16-18-10-12-21(34-2)13-11-18)30-25(32)27(29-26(30)33)15-14-20-6-3-4-9-22(20)27/h3-4,6,9-13,17,19,23H,5,7-8,14-16H2,1-2H3,(H,28,31)(H,29,33)/t17-,23?,27?/m0/s1. The molecular weight excluding hydrogens is 430 g/mol. The number of amides is 4. The van der Waals surface area contributed by atoms with Crippen molar-refractivity contribution in [2.75, 3.05) is 7.11 Å². The number of benzene rings is 2. The number of urea groups is 1. The van der Waals surface area contributed by atoms with Gasteiger partial charge in [0.25, 0.3) is 5.91 Å². The third-order valence-electron chi connectivity index (χ3n) is 7.80. The summed E-state index contributed by atoms with van der Waals surface area (Å²) in [5.74, 6) is 0.524. The fraction of sp³-hybridized carbons (Fsp3) is 0.444. The van der Waals surface area contributed by atoms with E-state index < -0.39 is 17.6 Å². The molecule has 7 nitrogen and oxygen atoms in total. The highest BCUT2D eigenvalue weighted by Crippen LogP contribution is 2.42. The Morgan fingerprint density at radius 2 is 1.91 bits per heavy atom. The number of ether oxygens (including phenoxy) is 1. The summed E-state index contributed by atoms with van der Waals surface area (Å²) >= 11 is 0. The molecule has 7 heteroatoms. The summed E-state index contributed by atoms with van der Waals surface area (Å²) < 4.78 is 5.24. The Morgan fingerprint density at radius 3 is 2.59 bits per heavy atom. The maximum atomic E-state index is 13.9. The van der Waals surface area contributed by atoms with Crippen LogP contribution >= 0.6 is 0 Å². The lowest BCUT2D eigenvalue weighted by atomic mass is 9.80. The molecular formula is C27H31N3O4. The molecule has 5 rings (SSSR count). The van der Waals surface area contributed by atoms with Gasteiger partial charge in [-0.3, -0.25) is 9.59 Å². The van der Waals surface area contributed by atoms with Gasteiger partial charge in [-0.1, -0.05) is 42.8 Å². The number of fused-ring (bicyclic) bond motifs is 2. The number of carbonyl (C=O) groups excluding carboxylic acids is 3. The summed E-state index contributed by atoms with van der Waals surface area (Å²) in [6.07, 6.45) is 4.81. The van der Waals surface area contributed by atoms with Crippen LogP contribution in [0.1, 0.15) is 49.3 Å². The van der Waals surface area contributed by atoms with Crippen LogP contribution in [0.4, 0.5) is 4.79 Å². The molecule has 2 aliphatic carbocycles. The molecule has 1 saturated heterocycles. The first-order valence-corrected chi connectivity index (χ1v) is 12.1. The number of methoxy groups -OCH3 is 1. The average molecular weight is 462 g/mol. The van der Waals surface area contributed by atoms with E-state index in [2.05, 4.69) is 10.6 Å². The van der Waals surface area contributed by atoms with E-state index in [1.807, 2.05) is 55.5 Å². The fourth-order valence-electron chi connectivity index (χ4n) is 5.51. The topological polar surface area (TPSA) is 87.7 Å². The smallest absolute Gasteiger partial charge is 0.326 e. The van der Waals surface area contributed by atoms with E-state index in [-0.39, 0.29) is 24.3 Å². The predicted octanol–water partition coefficient (Wildman–Crippen LogP) is 3.30. The fourth-order valence-corrected chi connectivity index (χ4v) is 5.51. The molecule has 2 fully saturated rings. The highest BCUT2D eigenvalue weighted by atomic mass is 16.5. The third kappa shape index (κ3) is 3.73. The molecule has 0 bridgehead atoms. The number of aryl methyl sites for hydroxylation is 1. The van der Waals surface area contributed by atoms with Crippen LogP contribution in [0, 0.1) is 5.92 Å². The van der Waals surface area contributed by atoms with Crippen LogP contribution in [0.2, 0.25) is 0 Å². The zero-order valence-electron chi connectivity index (χ0n) is 19.7. The van der Waals surface area contributed by atoms with Crippen LogP contribution in [0.25, 0.3) is 0 Å². The highest BCUT2D eigenvalue weighted by molar-refractivity contribution is 6.10. The monoisotopic (exact) mass is 461 g/mol. The van der Waals surface area contributed by atoms with Crippen molar-refractivity contribution in [3.8, 4) is 5.75 Å². The molecule has 2 aromatic carbocycles. The Bertz CT molecular complexity index is 1110. The molecule has 4 amide bonds. The maximum Gasteiger partial charge on any atom is 0.326 e. The molecule has 3 atom stereocenters. The summed E-state index contributed by atoms with van der Waals surface area (Å²) in [6, 6.07) is 13.7. The van der Waals surface area contributed by atoms with Gasteiger partial charge in [0.1, 0.15) is 17.3 Å². The lowest BCUT2D eigenvalue weighted by Gasteiger charge is -2.34. The number of nitrogens with one attached hydrogen (secondary N) is 2. The van der Waals surface area contributed by atoms with E-state index in [1.54, 1.807) is 7.11 Å². The zero-order valence-corrected chi connectivity index (χ0v) is 19.7. The zero-order chi connectivity index (χ0) is 23.9. The second kappa shape index (κ2) is 8.78. The number of nitrogens with zero attached hydrogens (tertiary/aromatic N) is 1. The first-order valence-electron chi connectivity index (χ1n) is 12.1. The number of hydrogen-bond acceptors (Lipinski definition) is 4. The largest absolute Gasteiger partial charge is 0.497 e. The molecule has 34 heavy (non-hydrogen) atoms. The molecule has 178 valence electrons. The van der Waals surface area contributed by atoms with Gasteiger partial charge < -0.3 is 15.4 Å². The molecule has 0 aromatic heterocycles. The Balaban J connectivity index is 1.45. The van der Waals surface area contributed by atoms with Crippen LogP contribution in [0.15, 0.2) is 48.5 Å². The van der Waals surface area contributed by atoms with E-state index in [4.69, 9.17) is 4.74 Å². The van der Waals surface area contributed by atoms with Gasteiger partial charge in [0.2, 0.25) is 5.91 Å². The van der Waals surface area contributed by atoms with E-state index in [1.165, 1.54) is 6.42 Å². The summed E-state index contributed by atoms with van der Waals surface area (Å²) in [5.41, 5.74) is 1.66. The number of imide groups is 1. The quantitative estimate of drug-likeness (QED) is 0.620. The summed E-state index contributed by atoms with van der Waals surface area (Å²) in [5, 5.41) is 6.06. The molecule has 1 heterocycles. The van der Waals surface area contributed by atoms with Gasteiger partial charge in [-0.05, 0) is 67.3 Å². The van der Waals surface area contributed by atoms with Gasteiger partial charge in [-0.25, -0.2) is 9.69 Å². The molecule has 1 aliphatic heterocycles. The average Bonchev–Trinajstić information content (AvgIpc) is 3.28. The second-order valence-electron chi connectivity index (χ2n) is 9.72. The van der Waals surface area contributed by atoms with Gasteiger partial charge in [0.05, 0.1) is 7.11 Å². The minimum Gasteiger partial charge on any atom is -0.497 e. The van der Waals surface area contributed by atoms with Crippen LogP contribution in [-0.2, 0) is 28.0 Å². The van der Waals surface area contributed by atoms with E-state index >= 15 is 0 Å². The molecule has 3 aliphatic rings. The lowest BCUT2D eigenvalue weighted by Crippen LogP contribution is -2.54. The Labute approximate surface area is 199 Å². The van der Waals surface area contributed by atoms with Crippen molar-refractivity contribution in [1.82, 2.24) is 15.5 Å². The van der Waals surface area contributed by atoms with Crippen LogP contribution in [0.3, 0.4) is 0 Å². The normalized spacial score (nSPS) is 23.3. The predicted molar refractivity (Wildman–Crippen MR) is 127 cm³/mol. The number of rotatable bonds is 7. The van der Waals surface area contributed by atoms with Gasteiger partial charge in [0.15, 0.2) is 0 Å². The SMILES string of the molecule is COc1ccc(CC(C(=O)N[C@@H](C)C2CCC2)N2C(=O)NC3(CCc4ccccc43)C2=O)cc1. The first-order chi connectivity index (χ1) is 16.4. The summed E-state index contributed by atoms with van der Waals surface area (Å²) in [7, 11) is 1.60. The van der Waals surface area contributed by atoms with Gasteiger partial charge in [0, 0.05) is 12.5 Å². The molecule has 2 N–H and O–H groups in total. The third-order valence-corrected chi connectivity index (χ3v) is 7.80. The van der Waals surface area contributed by atoms with Gasteiger partial charge in [-0.2, -0.15) is 0 Å². The Morgan fingerprint density at radius 1 is 1.18 bits per heavy atom. The van der Waals surface area contributed by atoms with Crippen LogP contribution < -0.4 is 15.4 Å². The Kier molecular flexibility index (Phi) is 5.80. The maximum absolute atomic E-state index is 13.9. The van der Waals surface area contributed by atoms with Crippen molar-refractivity contribution in [2.45, 2.75) is 63.1 Å². The molecule has 2 aromatic rings. The van der Waals surface area contributed by atoms with Crippen molar-refractivity contribution in [3.05, 3.63) is 65.2 Å². The van der Waals surface area contributed by atoms with Gasteiger partial charge >= 0.3 is 6.03 Å². The summed E-state index contributed by atoms with van der Waals surface area (Å²) in [6.45, 7) is 2.01. The van der Waals surface area contributed by atoms with Crippen molar-refractivity contribution in [2.24, 2.45) is 5.92 Å². The second-order valence-corrected chi connectivity index (χ2v) is 9.72. The summed E-state index contributed by atoms with van der Waals surface area (Å²) in [4.78, 5) is 41.8. The lowest BCUT2D eigenvalue weighted by molar-refractivity contribution is -0.139. The first kappa shape index (κ1) is 22.4. The van der Waals surface area contributed by atoms with Crippen molar-refractivity contribution in [1.29, 1.82) is 0 Å². The van der Waals surface area contributed by atoms with Crippen LogP contribution in [0.5, 0.6) is 5.75 Å². The molecule has 2 unspecified atom stereocenters. The molecule has 1 saturated carbocycles. The minimum atomic E-state index is -1.09. The van der Waals surface area contributed by atoms with Crippen molar-refractivity contribution in [3.63, 3.8) is 0 Å². The number of hydrogen-bond donors (Lipinski definition) is 2. The minimum absolute atomic E-state index is 0.00144. The van der Waals surface area contributed by atoms with Crippen molar-refractivity contribution < 1.29 is 19.1 Å². The van der Waals surface area contributed by atoms with E-state index in [0.29, 0.717) is 24.5 Å². The number of carbonyl (C=O) groups is 3. The molecule has 1 spiro atoms. The molecule has 0 radical (unpaired) electrons.